The van der Waals surface area contributed by atoms with Crippen molar-refractivity contribution in [2.24, 2.45) is 0 Å². The Labute approximate surface area is 173 Å². The first kappa shape index (κ1) is 29.5. The molecule has 0 aromatic heterocycles. The predicted octanol–water partition coefficient (Wildman–Crippen LogP) is 5.35. The van der Waals surface area contributed by atoms with Crippen molar-refractivity contribution in [3.05, 3.63) is 28.3 Å². The molecule has 1 rings (SSSR count). The van der Waals surface area contributed by atoms with Crippen LogP contribution in [0.4, 0.5) is 0 Å². The Morgan fingerprint density at radius 3 is 1.50 bits per heavy atom. The summed E-state index contributed by atoms with van der Waals surface area (Å²) in [5.41, 5.74) is 4.47. The van der Waals surface area contributed by atoms with E-state index < -0.39 is 7.60 Å². The molecule has 0 saturated carbocycles. The molecular formula is C22H45N2O3P. The van der Waals surface area contributed by atoms with Crippen molar-refractivity contribution >= 4 is 12.9 Å². The average molecular weight is 417 g/mol. The third kappa shape index (κ3) is 8.75. The van der Waals surface area contributed by atoms with Gasteiger partial charge in [-0.05, 0) is 86.5 Å². The summed E-state index contributed by atoms with van der Waals surface area (Å²) in [6, 6.07) is 1.74. The third-order valence-electron chi connectivity index (χ3n) is 5.17. The van der Waals surface area contributed by atoms with E-state index in [9.17, 15) is 14.4 Å². The Morgan fingerprint density at radius 2 is 1.07 bits per heavy atom. The Hall–Kier alpha value is -0.710. The van der Waals surface area contributed by atoms with E-state index in [4.69, 9.17) is 0 Å². The number of aryl methyl sites for hydroxylation is 1. The topological polar surface area (TPSA) is 136 Å². The molecule has 0 aliphatic rings. The number of quaternary nitrogens is 2. The molecule has 0 radical (unpaired) electrons. The lowest BCUT2D eigenvalue weighted by Gasteiger charge is -2.35. The number of rotatable bonds is 13. The smallest absolute Gasteiger partial charge is 0.0119 e. The van der Waals surface area contributed by atoms with Crippen LogP contribution in [0.25, 0.3) is 0 Å². The fourth-order valence-electron chi connectivity index (χ4n) is 3.66. The van der Waals surface area contributed by atoms with Gasteiger partial charge in [-0.15, -0.1) is 0 Å². The molecule has 0 aliphatic carbocycles. The van der Waals surface area contributed by atoms with E-state index in [-0.39, 0.29) is 17.6 Å². The van der Waals surface area contributed by atoms with Crippen molar-refractivity contribution in [1.29, 1.82) is 0 Å². The molecular weight excluding hydrogens is 371 g/mol. The van der Waals surface area contributed by atoms with E-state index in [1.54, 1.807) is 6.07 Å². The van der Waals surface area contributed by atoms with E-state index in [1.807, 2.05) is 0 Å². The highest BCUT2D eigenvalue weighted by atomic mass is 31.2. The van der Waals surface area contributed by atoms with Crippen LogP contribution in [0.3, 0.4) is 0 Å². The van der Waals surface area contributed by atoms with E-state index in [1.165, 1.54) is 11.1 Å². The molecule has 0 unspecified atom stereocenters. The second kappa shape index (κ2) is 15.2. The first-order chi connectivity index (χ1) is 12.4. The molecule has 0 fully saturated rings. The van der Waals surface area contributed by atoms with Gasteiger partial charge in [0.05, 0.1) is 0 Å². The summed E-state index contributed by atoms with van der Waals surface area (Å²) in [7, 11) is -4.76. The second-order valence-electron chi connectivity index (χ2n) is 7.40. The Morgan fingerprint density at radius 1 is 0.679 bits per heavy atom. The SMILES string of the molecule is CCCCc1cc(P(=O)([O-])[O-])c(CCCC)c(CCCC)c1CCCC.[NH4+].[NH4+]. The first-order valence-electron chi connectivity index (χ1n) is 10.6. The molecule has 0 amide bonds. The molecule has 1 aromatic carbocycles. The monoisotopic (exact) mass is 416 g/mol. The minimum Gasteiger partial charge on any atom is -0.807 e. The molecule has 8 N–H and O–H groups in total. The van der Waals surface area contributed by atoms with Crippen LogP contribution in [0.5, 0.6) is 0 Å². The molecule has 0 atom stereocenters. The summed E-state index contributed by atoms with van der Waals surface area (Å²) in [5.74, 6) is 0. The van der Waals surface area contributed by atoms with Gasteiger partial charge in [-0.3, -0.25) is 0 Å². The number of hydrogen-bond donors (Lipinski definition) is 2. The molecule has 0 heterocycles. The predicted molar refractivity (Wildman–Crippen MR) is 120 cm³/mol. The largest absolute Gasteiger partial charge is 0.807 e. The van der Waals surface area contributed by atoms with Crippen LogP contribution >= 0.6 is 7.60 Å². The van der Waals surface area contributed by atoms with Gasteiger partial charge in [0.1, 0.15) is 0 Å². The molecule has 6 heteroatoms. The summed E-state index contributed by atoms with van der Waals surface area (Å²) in [4.78, 5) is 24.1. The molecule has 0 bridgehead atoms. The molecule has 1 aromatic rings. The van der Waals surface area contributed by atoms with Gasteiger partial charge in [0.25, 0.3) is 0 Å². The van der Waals surface area contributed by atoms with Gasteiger partial charge in [-0.25, -0.2) is 0 Å². The lowest BCUT2D eigenvalue weighted by Crippen LogP contribution is -2.30. The molecule has 0 spiro atoms. The summed E-state index contributed by atoms with van der Waals surface area (Å²) in [6.45, 7) is 8.60. The van der Waals surface area contributed by atoms with Crippen molar-refractivity contribution in [1.82, 2.24) is 12.3 Å². The van der Waals surface area contributed by atoms with Crippen molar-refractivity contribution < 1.29 is 14.4 Å². The summed E-state index contributed by atoms with van der Waals surface area (Å²) < 4.78 is 12.1. The van der Waals surface area contributed by atoms with Crippen LogP contribution in [0, 0.1) is 0 Å². The number of hydrogen-bond acceptors (Lipinski definition) is 3. The van der Waals surface area contributed by atoms with Crippen molar-refractivity contribution in [3.8, 4) is 0 Å². The highest BCUT2D eigenvalue weighted by Gasteiger charge is 2.18. The maximum Gasteiger partial charge on any atom is -0.0119 e. The van der Waals surface area contributed by atoms with Gasteiger partial charge in [0.15, 0.2) is 0 Å². The Bertz CT molecular complexity index is 600. The Kier molecular flexibility index (Phi) is 16.0. The quantitative estimate of drug-likeness (QED) is 0.419. The summed E-state index contributed by atoms with van der Waals surface area (Å²) in [6.07, 6.45) is 11.8. The van der Waals surface area contributed by atoms with E-state index >= 15 is 0 Å². The van der Waals surface area contributed by atoms with Crippen molar-refractivity contribution in [3.63, 3.8) is 0 Å². The van der Waals surface area contributed by atoms with Crippen LogP contribution in [0.2, 0.25) is 0 Å². The number of benzene rings is 1. The molecule has 0 saturated heterocycles. The van der Waals surface area contributed by atoms with Crippen LogP contribution < -0.4 is 27.4 Å². The maximum atomic E-state index is 12.1. The lowest BCUT2D eigenvalue weighted by molar-refractivity contribution is -0.308. The first-order valence-corrected chi connectivity index (χ1v) is 12.1. The normalized spacial score (nSPS) is 11.1. The van der Waals surface area contributed by atoms with Crippen LogP contribution in [-0.2, 0) is 30.2 Å². The fourth-order valence-corrected chi connectivity index (χ4v) is 4.55. The molecule has 166 valence electrons. The Balaban J connectivity index is 0. The second-order valence-corrected chi connectivity index (χ2v) is 8.88. The molecule has 5 nitrogen and oxygen atoms in total. The van der Waals surface area contributed by atoms with Gasteiger partial charge in [-0.1, -0.05) is 59.4 Å². The van der Waals surface area contributed by atoms with Crippen LogP contribution in [0.15, 0.2) is 6.07 Å². The van der Waals surface area contributed by atoms with E-state index in [0.717, 1.165) is 81.8 Å². The van der Waals surface area contributed by atoms with Gasteiger partial charge in [-0.2, -0.15) is 0 Å². The fraction of sp³-hybridized carbons (Fsp3) is 0.727. The minimum atomic E-state index is -4.76. The standard InChI is InChI=1S/C22H39O3P.2H3N/c1-5-9-13-18-17-22(26(23,24)25)21(16-12-8-4)20(15-11-7-3)19(18)14-10-6-2;;/h17H,5-16H2,1-4H3,(H2,23,24,25);2*1H3. The summed E-state index contributed by atoms with van der Waals surface area (Å²) >= 11 is 0. The van der Waals surface area contributed by atoms with Gasteiger partial charge >= 0.3 is 0 Å². The zero-order valence-electron chi connectivity index (χ0n) is 19.2. The third-order valence-corrected chi connectivity index (χ3v) is 6.16. The van der Waals surface area contributed by atoms with Gasteiger partial charge in [0, 0.05) is 0 Å². The molecule has 0 aliphatic heterocycles. The van der Waals surface area contributed by atoms with Crippen molar-refractivity contribution in [2.75, 3.05) is 0 Å². The van der Waals surface area contributed by atoms with Crippen molar-refractivity contribution in [2.45, 2.75) is 105 Å². The van der Waals surface area contributed by atoms with Crippen LogP contribution in [-0.4, -0.2) is 0 Å². The zero-order valence-corrected chi connectivity index (χ0v) is 20.1. The summed E-state index contributed by atoms with van der Waals surface area (Å²) in [5, 5.41) is 0.0865. The zero-order chi connectivity index (χ0) is 19.6. The van der Waals surface area contributed by atoms with Gasteiger partial charge in [0.2, 0.25) is 0 Å². The molecule has 28 heavy (non-hydrogen) atoms. The highest BCUT2D eigenvalue weighted by molar-refractivity contribution is 7.57. The maximum absolute atomic E-state index is 12.1. The minimum absolute atomic E-state index is 0. The van der Waals surface area contributed by atoms with E-state index in [2.05, 4.69) is 27.7 Å². The highest BCUT2D eigenvalue weighted by Crippen LogP contribution is 2.33. The van der Waals surface area contributed by atoms with Gasteiger partial charge < -0.3 is 26.7 Å². The van der Waals surface area contributed by atoms with Crippen LogP contribution in [0.1, 0.15) is 101 Å². The van der Waals surface area contributed by atoms with E-state index in [0.29, 0.717) is 6.42 Å². The lowest BCUT2D eigenvalue weighted by atomic mass is 9.86. The average Bonchev–Trinajstić information content (AvgIpc) is 2.60. The number of unbranched alkanes of at least 4 members (excludes halogenated alkanes) is 4.